The van der Waals surface area contributed by atoms with Gasteiger partial charge >= 0.3 is 6.03 Å². The molecule has 0 spiro atoms. The molecule has 0 aromatic heterocycles. The first-order valence-corrected chi connectivity index (χ1v) is 6.96. The van der Waals surface area contributed by atoms with Crippen molar-refractivity contribution >= 4 is 17.4 Å². The van der Waals surface area contributed by atoms with Crippen LogP contribution < -0.4 is 16.4 Å². The molecule has 1 aliphatic rings. The standard InChI is InChI=1S/C15H23N3O/c1-10-7-11(2)9-14(8-10)17-12-3-5-13(6-4-12)18-15(16)19/h3-6,10-11,14,17H,7-9H2,1-2H3,(H3,16,18,19). The number of urea groups is 1. The van der Waals surface area contributed by atoms with Crippen LogP contribution in [0.5, 0.6) is 0 Å². The summed E-state index contributed by atoms with van der Waals surface area (Å²) in [5.41, 5.74) is 6.90. The van der Waals surface area contributed by atoms with Crippen molar-refractivity contribution < 1.29 is 4.79 Å². The third-order valence-electron chi connectivity index (χ3n) is 3.70. The quantitative estimate of drug-likeness (QED) is 0.780. The molecule has 1 saturated carbocycles. The molecule has 0 saturated heterocycles. The Bertz CT molecular complexity index is 420. The topological polar surface area (TPSA) is 67.2 Å². The van der Waals surface area contributed by atoms with E-state index >= 15 is 0 Å². The van der Waals surface area contributed by atoms with Crippen molar-refractivity contribution in [2.24, 2.45) is 17.6 Å². The minimum atomic E-state index is -0.532. The average molecular weight is 261 g/mol. The highest BCUT2D eigenvalue weighted by Crippen LogP contribution is 2.30. The van der Waals surface area contributed by atoms with E-state index in [-0.39, 0.29) is 0 Å². The number of nitrogens with two attached hydrogens (primary N) is 1. The largest absolute Gasteiger partial charge is 0.382 e. The summed E-state index contributed by atoms with van der Waals surface area (Å²) < 4.78 is 0. The van der Waals surface area contributed by atoms with Gasteiger partial charge in [0.15, 0.2) is 0 Å². The van der Waals surface area contributed by atoms with Crippen LogP contribution in [0.4, 0.5) is 16.2 Å². The van der Waals surface area contributed by atoms with Gasteiger partial charge in [0.05, 0.1) is 0 Å². The van der Waals surface area contributed by atoms with Crippen LogP contribution in [-0.2, 0) is 0 Å². The predicted molar refractivity (Wildman–Crippen MR) is 79.2 cm³/mol. The summed E-state index contributed by atoms with van der Waals surface area (Å²) in [7, 11) is 0. The Labute approximate surface area is 114 Å². The van der Waals surface area contributed by atoms with Crippen LogP contribution in [0.1, 0.15) is 33.1 Å². The summed E-state index contributed by atoms with van der Waals surface area (Å²) in [5, 5.41) is 6.14. The highest BCUT2D eigenvalue weighted by atomic mass is 16.2. The van der Waals surface area contributed by atoms with Crippen molar-refractivity contribution in [3.63, 3.8) is 0 Å². The van der Waals surface area contributed by atoms with Gasteiger partial charge in [-0.1, -0.05) is 13.8 Å². The van der Waals surface area contributed by atoms with Gasteiger partial charge in [-0.2, -0.15) is 0 Å². The number of rotatable bonds is 3. The maximum atomic E-state index is 10.7. The van der Waals surface area contributed by atoms with E-state index in [1.165, 1.54) is 19.3 Å². The first kappa shape index (κ1) is 13.7. The smallest absolute Gasteiger partial charge is 0.316 e. The normalized spacial score (nSPS) is 26.7. The monoisotopic (exact) mass is 261 g/mol. The molecule has 2 unspecified atom stereocenters. The average Bonchev–Trinajstić information content (AvgIpc) is 2.29. The molecule has 0 heterocycles. The maximum absolute atomic E-state index is 10.7. The zero-order valence-electron chi connectivity index (χ0n) is 11.6. The number of primary amides is 1. The molecule has 0 bridgehead atoms. The molecule has 1 fully saturated rings. The number of carbonyl (C=O) groups is 1. The van der Waals surface area contributed by atoms with E-state index in [1.807, 2.05) is 24.3 Å². The molecular formula is C15H23N3O. The number of hydrogen-bond acceptors (Lipinski definition) is 2. The number of anilines is 2. The first-order chi connectivity index (χ1) is 9.02. The molecule has 4 heteroatoms. The van der Waals surface area contributed by atoms with Crippen LogP contribution in [0.15, 0.2) is 24.3 Å². The van der Waals surface area contributed by atoms with Gasteiger partial charge in [-0.05, 0) is 55.4 Å². The van der Waals surface area contributed by atoms with E-state index in [1.54, 1.807) is 0 Å². The van der Waals surface area contributed by atoms with Gasteiger partial charge in [0.25, 0.3) is 0 Å². The Balaban J connectivity index is 1.93. The van der Waals surface area contributed by atoms with Crippen molar-refractivity contribution in [1.82, 2.24) is 0 Å². The van der Waals surface area contributed by atoms with Crippen molar-refractivity contribution in [2.75, 3.05) is 10.6 Å². The minimum absolute atomic E-state index is 0.532. The van der Waals surface area contributed by atoms with Crippen molar-refractivity contribution in [3.8, 4) is 0 Å². The summed E-state index contributed by atoms with van der Waals surface area (Å²) in [5.74, 6) is 1.58. The Morgan fingerprint density at radius 3 is 2.11 bits per heavy atom. The fourth-order valence-electron chi connectivity index (χ4n) is 3.09. The van der Waals surface area contributed by atoms with Gasteiger partial charge in [0.1, 0.15) is 0 Å². The van der Waals surface area contributed by atoms with Crippen LogP contribution in [0, 0.1) is 11.8 Å². The number of amides is 2. The van der Waals surface area contributed by atoms with Crippen molar-refractivity contribution in [3.05, 3.63) is 24.3 Å². The van der Waals surface area contributed by atoms with Gasteiger partial charge in [-0.3, -0.25) is 0 Å². The third-order valence-corrected chi connectivity index (χ3v) is 3.70. The Morgan fingerprint density at radius 1 is 1.05 bits per heavy atom. The highest BCUT2D eigenvalue weighted by Gasteiger charge is 2.23. The molecular weight excluding hydrogens is 238 g/mol. The molecule has 2 amide bonds. The highest BCUT2D eigenvalue weighted by molar-refractivity contribution is 5.87. The molecule has 19 heavy (non-hydrogen) atoms. The van der Waals surface area contributed by atoms with Crippen LogP contribution >= 0.6 is 0 Å². The van der Waals surface area contributed by atoms with Crippen molar-refractivity contribution in [1.29, 1.82) is 0 Å². The van der Waals surface area contributed by atoms with Gasteiger partial charge in [0, 0.05) is 17.4 Å². The van der Waals surface area contributed by atoms with E-state index in [2.05, 4.69) is 24.5 Å². The molecule has 4 N–H and O–H groups in total. The fraction of sp³-hybridized carbons (Fsp3) is 0.533. The molecule has 1 aliphatic carbocycles. The predicted octanol–water partition coefficient (Wildman–Crippen LogP) is 3.41. The van der Waals surface area contributed by atoms with E-state index in [0.717, 1.165) is 23.2 Å². The first-order valence-electron chi connectivity index (χ1n) is 6.96. The van der Waals surface area contributed by atoms with Crippen molar-refractivity contribution in [2.45, 2.75) is 39.2 Å². The van der Waals surface area contributed by atoms with E-state index in [9.17, 15) is 4.79 Å². The van der Waals surface area contributed by atoms with Gasteiger partial charge in [-0.25, -0.2) is 4.79 Å². The van der Waals surface area contributed by atoms with Crippen LogP contribution in [0.2, 0.25) is 0 Å². The summed E-state index contributed by atoms with van der Waals surface area (Å²) >= 11 is 0. The van der Waals surface area contributed by atoms with Crippen LogP contribution in [-0.4, -0.2) is 12.1 Å². The summed E-state index contributed by atoms with van der Waals surface area (Å²) in [6.45, 7) is 4.65. The van der Waals surface area contributed by atoms with Crippen LogP contribution in [0.3, 0.4) is 0 Å². The summed E-state index contributed by atoms with van der Waals surface area (Å²) in [4.78, 5) is 10.7. The van der Waals surface area contributed by atoms with E-state index in [0.29, 0.717) is 6.04 Å². The minimum Gasteiger partial charge on any atom is -0.382 e. The molecule has 1 aromatic rings. The number of benzene rings is 1. The molecule has 1 aromatic carbocycles. The molecule has 2 atom stereocenters. The third kappa shape index (κ3) is 4.16. The Hall–Kier alpha value is -1.71. The lowest BCUT2D eigenvalue weighted by Crippen LogP contribution is -2.30. The summed E-state index contributed by atoms with van der Waals surface area (Å²) in [6.07, 6.45) is 3.79. The zero-order chi connectivity index (χ0) is 13.8. The van der Waals surface area contributed by atoms with Gasteiger partial charge in [0.2, 0.25) is 0 Å². The lowest BCUT2D eigenvalue weighted by molar-refractivity contribution is 0.259. The Kier molecular flexibility index (Phi) is 4.30. The van der Waals surface area contributed by atoms with E-state index in [4.69, 9.17) is 5.73 Å². The molecule has 4 nitrogen and oxygen atoms in total. The second-order valence-electron chi connectivity index (χ2n) is 5.83. The number of carbonyl (C=O) groups excluding carboxylic acids is 1. The zero-order valence-corrected chi connectivity index (χ0v) is 11.6. The fourth-order valence-corrected chi connectivity index (χ4v) is 3.09. The Morgan fingerprint density at radius 2 is 1.58 bits per heavy atom. The lowest BCUT2D eigenvalue weighted by atomic mass is 9.80. The van der Waals surface area contributed by atoms with E-state index < -0.39 is 6.03 Å². The summed E-state index contributed by atoms with van der Waals surface area (Å²) in [6, 6.07) is 7.71. The molecule has 0 aliphatic heterocycles. The second-order valence-corrected chi connectivity index (χ2v) is 5.83. The van der Waals surface area contributed by atoms with Crippen LogP contribution in [0.25, 0.3) is 0 Å². The number of hydrogen-bond donors (Lipinski definition) is 3. The SMILES string of the molecule is CC1CC(C)CC(Nc2ccc(NC(N)=O)cc2)C1. The van der Waals surface area contributed by atoms with Gasteiger partial charge < -0.3 is 16.4 Å². The second kappa shape index (κ2) is 5.95. The molecule has 2 rings (SSSR count). The maximum Gasteiger partial charge on any atom is 0.316 e. The molecule has 104 valence electrons. The molecule has 0 radical (unpaired) electrons. The lowest BCUT2D eigenvalue weighted by Gasteiger charge is -2.32. The number of nitrogens with one attached hydrogen (secondary N) is 2. The van der Waals surface area contributed by atoms with Gasteiger partial charge in [-0.15, -0.1) is 0 Å².